The number of non-ortho nitro benzene ring substituents is 1. The highest BCUT2D eigenvalue weighted by molar-refractivity contribution is 6.45. The maximum absolute atomic E-state index is 14.5. The van der Waals surface area contributed by atoms with Gasteiger partial charge in [0.25, 0.3) is 17.5 Å². The van der Waals surface area contributed by atoms with Crippen LogP contribution in [0.25, 0.3) is 5.57 Å². The number of rotatable bonds is 4. The van der Waals surface area contributed by atoms with E-state index in [0.29, 0.717) is 24.1 Å². The molecule has 0 bridgehead atoms. The summed E-state index contributed by atoms with van der Waals surface area (Å²) in [6, 6.07) is 7.78. The molecule has 32 heavy (non-hydrogen) atoms. The lowest BCUT2D eigenvalue weighted by Crippen LogP contribution is -2.47. The van der Waals surface area contributed by atoms with Crippen molar-refractivity contribution in [1.82, 2.24) is 4.90 Å². The van der Waals surface area contributed by atoms with Crippen LogP contribution in [0.3, 0.4) is 0 Å². The van der Waals surface area contributed by atoms with Crippen molar-refractivity contribution >= 4 is 28.8 Å². The number of amides is 2. The molecular weight excluding hydrogens is 424 g/mol. The van der Waals surface area contributed by atoms with Crippen LogP contribution in [-0.2, 0) is 14.3 Å². The van der Waals surface area contributed by atoms with Crippen LogP contribution in [0.15, 0.2) is 48.2 Å². The number of imide groups is 1. The number of carbonyl (C=O) groups is 2. The van der Waals surface area contributed by atoms with Gasteiger partial charge in [-0.3, -0.25) is 19.7 Å². The number of carbonyl (C=O) groups excluding carboxylic acids is 2. The zero-order valence-corrected chi connectivity index (χ0v) is 17.2. The molecule has 166 valence electrons. The minimum atomic E-state index is -1.06. The van der Waals surface area contributed by atoms with Crippen LogP contribution in [0.5, 0.6) is 0 Å². The summed E-state index contributed by atoms with van der Waals surface area (Å²) in [7, 11) is 0. The van der Waals surface area contributed by atoms with Crippen molar-refractivity contribution in [3.05, 3.63) is 75.5 Å². The Morgan fingerprint density at radius 1 is 1.00 bits per heavy atom. The fourth-order valence-electron chi connectivity index (χ4n) is 4.06. The van der Waals surface area contributed by atoms with Gasteiger partial charge in [-0.25, -0.2) is 13.7 Å². The molecule has 0 spiro atoms. The highest BCUT2D eigenvalue weighted by atomic mass is 19.1. The molecule has 2 aliphatic heterocycles. The Labute approximate surface area is 181 Å². The first-order valence-corrected chi connectivity index (χ1v) is 9.90. The van der Waals surface area contributed by atoms with Crippen LogP contribution >= 0.6 is 0 Å². The Morgan fingerprint density at radius 3 is 2.19 bits per heavy atom. The predicted molar refractivity (Wildman–Crippen MR) is 110 cm³/mol. The number of halogens is 2. The third kappa shape index (κ3) is 3.73. The molecule has 2 aliphatic rings. The highest BCUT2D eigenvalue weighted by Crippen LogP contribution is 2.37. The normalized spacial score (nSPS) is 21.5. The van der Waals surface area contributed by atoms with Gasteiger partial charge in [-0.2, -0.15) is 0 Å². The molecule has 2 atom stereocenters. The van der Waals surface area contributed by atoms with E-state index in [1.54, 1.807) is 4.90 Å². The summed E-state index contributed by atoms with van der Waals surface area (Å²) < 4.78 is 33.6. The molecule has 0 saturated carbocycles. The number of benzene rings is 2. The maximum Gasteiger partial charge on any atom is 0.282 e. The summed E-state index contributed by atoms with van der Waals surface area (Å²) >= 11 is 0. The van der Waals surface area contributed by atoms with E-state index in [4.69, 9.17) is 4.74 Å². The van der Waals surface area contributed by atoms with E-state index in [9.17, 15) is 28.5 Å². The average molecular weight is 443 g/mol. The quantitative estimate of drug-likeness (QED) is 0.409. The van der Waals surface area contributed by atoms with E-state index >= 15 is 0 Å². The number of nitrogens with zero attached hydrogens (tertiary/aromatic N) is 3. The molecule has 1 fully saturated rings. The molecule has 0 aromatic heterocycles. The van der Waals surface area contributed by atoms with Crippen molar-refractivity contribution in [2.24, 2.45) is 0 Å². The number of ether oxygens (including phenoxy) is 1. The Hall–Kier alpha value is -3.66. The smallest absolute Gasteiger partial charge is 0.282 e. The minimum absolute atomic E-state index is 0.00470. The second-order valence-corrected chi connectivity index (χ2v) is 7.73. The van der Waals surface area contributed by atoms with Gasteiger partial charge in [-0.15, -0.1) is 0 Å². The molecule has 2 amide bonds. The SMILES string of the molecule is CC1CN(C2=C(c3ccc([N+](=O)[O-])cc3)C(=O)N(c3ccc(F)cc3F)C2=O)CC(C)O1. The van der Waals surface area contributed by atoms with Gasteiger partial charge in [0.1, 0.15) is 17.3 Å². The summed E-state index contributed by atoms with van der Waals surface area (Å²) in [6.07, 6.45) is -0.465. The molecular formula is C22H19F2N3O5. The zero-order chi connectivity index (χ0) is 23.2. The lowest BCUT2D eigenvalue weighted by atomic mass is 10.0. The van der Waals surface area contributed by atoms with E-state index in [1.807, 2.05) is 13.8 Å². The zero-order valence-electron chi connectivity index (χ0n) is 17.2. The summed E-state index contributed by atoms with van der Waals surface area (Å²) in [5.74, 6) is -3.45. The molecule has 2 aromatic rings. The van der Waals surface area contributed by atoms with Gasteiger partial charge in [-0.05, 0) is 43.7 Å². The fourth-order valence-corrected chi connectivity index (χ4v) is 4.06. The standard InChI is InChI=1S/C22H19F2N3O5/c1-12-10-25(11-13(2)32-12)20-19(14-3-6-16(7-4-14)27(30)31)21(28)26(22(20)29)18-8-5-15(23)9-17(18)24/h3-9,12-13H,10-11H2,1-2H3. The maximum atomic E-state index is 14.5. The number of morpholine rings is 1. The van der Waals surface area contributed by atoms with Crippen LogP contribution in [0.1, 0.15) is 19.4 Å². The second-order valence-electron chi connectivity index (χ2n) is 7.73. The van der Waals surface area contributed by atoms with Gasteiger partial charge >= 0.3 is 0 Å². The summed E-state index contributed by atoms with van der Waals surface area (Å²) in [6.45, 7) is 4.28. The van der Waals surface area contributed by atoms with Crippen molar-refractivity contribution in [3.8, 4) is 0 Å². The Kier molecular flexibility index (Phi) is 5.47. The third-order valence-electron chi connectivity index (χ3n) is 5.31. The van der Waals surface area contributed by atoms with Crippen LogP contribution in [0.2, 0.25) is 0 Å². The van der Waals surface area contributed by atoms with E-state index in [0.717, 1.165) is 12.1 Å². The molecule has 2 aromatic carbocycles. The first-order chi connectivity index (χ1) is 15.2. The van der Waals surface area contributed by atoms with Crippen molar-refractivity contribution in [1.29, 1.82) is 0 Å². The molecule has 1 saturated heterocycles. The number of hydrogen-bond acceptors (Lipinski definition) is 6. The highest BCUT2D eigenvalue weighted by Gasteiger charge is 2.44. The average Bonchev–Trinajstić information content (AvgIpc) is 2.98. The van der Waals surface area contributed by atoms with Crippen molar-refractivity contribution < 1.29 is 28.0 Å². The van der Waals surface area contributed by atoms with Crippen molar-refractivity contribution in [2.45, 2.75) is 26.1 Å². The lowest BCUT2D eigenvalue weighted by molar-refractivity contribution is -0.384. The second kappa shape index (κ2) is 8.12. The van der Waals surface area contributed by atoms with Crippen LogP contribution in [-0.4, -0.2) is 46.9 Å². The number of anilines is 1. The van der Waals surface area contributed by atoms with Crippen LogP contribution < -0.4 is 4.90 Å². The first-order valence-electron chi connectivity index (χ1n) is 9.90. The van der Waals surface area contributed by atoms with Gasteiger partial charge in [-0.1, -0.05) is 0 Å². The van der Waals surface area contributed by atoms with Crippen LogP contribution in [0, 0.1) is 21.7 Å². The first kappa shape index (κ1) is 21.6. The number of hydrogen-bond donors (Lipinski definition) is 0. The van der Waals surface area contributed by atoms with Crippen molar-refractivity contribution in [2.75, 3.05) is 18.0 Å². The van der Waals surface area contributed by atoms with E-state index < -0.39 is 28.4 Å². The minimum Gasteiger partial charge on any atom is -0.372 e. The predicted octanol–water partition coefficient (Wildman–Crippen LogP) is 3.27. The van der Waals surface area contributed by atoms with Crippen molar-refractivity contribution in [3.63, 3.8) is 0 Å². The monoisotopic (exact) mass is 443 g/mol. The van der Waals surface area contributed by atoms with Gasteiger partial charge in [0.2, 0.25) is 0 Å². The van der Waals surface area contributed by atoms with Gasteiger partial charge in [0, 0.05) is 31.3 Å². The molecule has 0 N–H and O–H groups in total. The number of nitro groups is 1. The summed E-state index contributed by atoms with van der Waals surface area (Å²) in [4.78, 5) is 39.6. The molecule has 0 aliphatic carbocycles. The molecule has 2 heterocycles. The van der Waals surface area contributed by atoms with E-state index in [2.05, 4.69) is 0 Å². The Morgan fingerprint density at radius 2 is 1.62 bits per heavy atom. The van der Waals surface area contributed by atoms with E-state index in [1.165, 1.54) is 24.3 Å². The Balaban J connectivity index is 1.85. The van der Waals surface area contributed by atoms with E-state index in [-0.39, 0.29) is 40.4 Å². The molecule has 10 heteroatoms. The number of nitro benzene ring substituents is 1. The lowest BCUT2D eigenvalue weighted by Gasteiger charge is -2.37. The largest absolute Gasteiger partial charge is 0.372 e. The summed E-state index contributed by atoms with van der Waals surface area (Å²) in [5, 5.41) is 11.0. The van der Waals surface area contributed by atoms with Gasteiger partial charge in [0.15, 0.2) is 0 Å². The topological polar surface area (TPSA) is 93.0 Å². The van der Waals surface area contributed by atoms with Crippen LogP contribution in [0.4, 0.5) is 20.2 Å². The third-order valence-corrected chi connectivity index (χ3v) is 5.31. The molecule has 4 rings (SSSR count). The molecule has 2 unspecified atom stereocenters. The fraction of sp³-hybridized carbons (Fsp3) is 0.273. The van der Waals surface area contributed by atoms with Gasteiger partial charge in [0.05, 0.1) is 28.4 Å². The molecule has 0 radical (unpaired) electrons. The summed E-state index contributed by atoms with van der Waals surface area (Å²) in [5.41, 5.74) is -0.224. The van der Waals surface area contributed by atoms with Gasteiger partial charge < -0.3 is 9.64 Å². The molecule has 8 nitrogen and oxygen atoms in total. The Bertz CT molecular complexity index is 1140.